The summed E-state index contributed by atoms with van der Waals surface area (Å²) in [6, 6.07) is -0.883. The van der Waals surface area contributed by atoms with Gasteiger partial charge in [-0.05, 0) is 19.3 Å². The molecule has 0 aliphatic carbocycles. The predicted octanol–water partition coefficient (Wildman–Crippen LogP) is 21.9. The number of likely N-dealkylation sites (N-methyl/N-ethyl adjacent to an activating group) is 1. The zero-order valence-corrected chi connectivity index (χ0v) is 55.0. The van der Waals surface area contributed by atoms with Crippen molar-refractivity contribution in [3.8, 4) is 0 Å². The molecule has 472 valence electrons. The van der Waals surface area contributed by atoms with E-state index >= 15 is 0 Å². The monoisotopic (exact) mass is 1140 g/mol. The first-order chi connectivity index (χ1) is 38.5. The highest BCUT2D eigenvalue weighted by Crippen LogP contribution is 2.38. The van der Waals surface area contributed by atoms with Gasteiger partial charge in [-0.25, -0.2) is 0 Å². The first-order valence-electron chi connectivity index (χ1n) is 35.6. The van der Waals surface area contributed by atoms with Crippen molar-refractivity contribution in [3.05, 3.63) is 12.2 Å². The number of carbonyl (C=O) groups is 1. The second-order valence-corrected chi connectivity index (χ2v) is 27.4. The Morgan fingerprint density at radius 3 is 0.949 bits per heavy atom. The lowest BCUT2D eigenvalue weighted by Crippen LogP contribution is -2.45. The van der Waals surface area contributed by atoms with Crippen molar-refractivity contribution in [3.63, 3.8) is 0 Å². The molecular weight excluding hydrogens is 996 g/mol. The molecule has 9 heteroatoms. The van der Waals surface area contributed by atoms with Crippen LogP contribution in [0.25, 0.3) is 0 Å². The van der Waals surface area contributed by atoms with Crippen LogP contribution < -0.4 is 10.2 Å². The van der Waals surface area contributed by atoms with Crippen LogP contribution in [0, 0.1) is 0 Å². The molecule has 3 unspecified atom stereocenters. The minimum Gasteiger partial charge on any atom is -0.756 e. The molecule has 8 nitrogen and oxygen atoms in total. The number of unbranched alkanes of at least 4 members (excludes halogenated alkanes) is 54. The van der Waals surface area contributed by atoms with Crippen molar-refractivity contribution in [1.29, 1.82) is 0 Å². The van der Waals surface area contributed by atoms with Crippen molar-refractivity contribution >= 4 is 13.7 Å². The second-order valence-electron chi connectivity index (χ2n) is 26.0. The van der Waals surface area contributed by atoms with Crippen LogP contribution in [0.15, 0.2) is 12.2 Å². The number of rotatable bonds is 67. The lowest BCUT2D eigenvalue weighted by molar-refractivity contribution is -0.870. The summed E-state index contributed by atoms with van der Waals surface area (Å²) in [5.74, 6) is -0.188. The van der Waals surface area contributed by atoms with Gasteiger partial charge in [0.15, 0.2) is 0 Å². The molecule has 0 aromatic heterocycles. The number of hydrogen-bond acceptors (Lipinski definition) is 6. The smallest absolute Gasteiger partial charge is 0.268 e. The van der Waals surface area contributed by atoms with Gasteiger partial charge in [0.2, 0.25) is 5.91 Å². The van der Waals surface area contributed by atoms with Crippen LogP contribution in [0.4, 0.5) is 0 Å². The van der Waals surface area contributed by atoms with Gasteiger partial charge < -0.3 is 28.8 Å². The average Bonchev–Trinajstić information content (AvgIpc) is 3.42. The molecule has 79 heavy (non-hydrogen) atoms. The lowest BCUT2D eigenvalue weighted by Gasteiger charge is -2.29. The SMILES string of the molecule is CCCCCCCCCCCCCCCCCC/C=C/C(O)C(COP(=O)([O-])OCC[N+](C)(C)C)NC(=O)CCCCCCCCCCCCCCCCCCCCCCCCCCCCCCCCCCCCCCCCC. The van der Waals surface area contributed by atoms with Gasteiger partial charge >= 0.3 is 0 Å². The van der Waals surface area contributed by atoms with Gasteiger partial charge in [-0.1, -0.05) is 366 Å². The summed E-state index contributed by atoms with van der Waals surface area (Å²) >= 11 is 0. The van der Waals surface area contributed by atoms with E-state index in [1.165, 1.54) is 321 Å². The molecule has 3 atom stereocenters. The van der Waals surface area contributed by atoms with Crippen molar-refractivity contribution in [1.82, 2.24) is 5.32 Å². The number of nitrogens with zero attached hydrogens (tertiary/aromatic N) is 1. The molecule has 0 rings (SSSR count). The van der Waals surface area contributed by atoms with Gasteiger partial charge in [0.1, 0.15) is 13.2 Å². The largest absolute Gasteiger partial charge is 0.756 e. The number of aliphatic hydroxyl groups is 1. The molecule has 0 spiro atoms. The van der Waals surface area contributed by atoms with Crippen LogP contribution in [0.3, 0.4) is 0 Å². The molecule has 0 saturated heterocycles. The molecule has 0 aromatic rings. The fourth-order valence-corrected chi connectivity index (χ4v) is 11.9. The van der Waals surface area contributed by atoms with Gasteiger partial charge in [-0.2, -0.15) is 0 Å². The van der Waals surface area contributed by atoms with Crippen LogP contribution >= 0.6 is 7.82 Å². The van der Waals surface area contributed by atoms with E-state index in [0.717, 1.165) is 38.5 Å². The quantitative estimate of drug-likeness (QED) is 0.0272. The summed E-state index contributed by atoms with van der Waals surface area (Å²) in [5, 5.41) is 13.9. The zero-order chi connectivity index (χ0) is 57.7. The van der Waals surface area contributed by atoms with E-state index in [2.05, 4.69) is 19.2 Å². The van der Waals surface area contributed by atoms with Gasteiger partial charge in [0, 0.05) is 6.42 Å². The number of quaternary nitrogens is 1. The van der Waals surface area contributed by atoms with Crippen LogP contribution in [-0.4, -0.2) is 68.5 Å². The van der Waals surface area contributed by atoms with Crippen molar-refractivity contribution in [2.24, 2.45) is 0 Å². The first kappa shape index (κ1) is 78.2. The topological polar surface area (TPSA) is 108 Å². The summed E-state index contributed by atoms with van der Waals surface area (Å²) in [7, 11) is 1.28. The number of allylic oxidation sites excluding steroid dienone is 1. The molecule has 0 heterocycles. The molecule has 0 bridgehead atoms. The van der Waals surface area contributed by atoms with E-state index in [4.69, 9.17) is 9.05 Å². The van der Waals surface area contributed by atoms with Gasteiger partial charge in [-0.15, -0.1) is 0 Å². The average molecular weight is 1140 g/mol. The van der Waals surface area contributed by atoms with Gasteiger partial charge in [0.25, 0.3) is 7.82 Å². The Balaban J connectivity index is 3.87. The minimum absolute atomic E-state index is 0.00284. The molecule has 0 radical (unpaired) electrons. The maximum Gasteiger partial charge on any atom is 0.268 e. The summed E-state index contributed by atoms with van der Waals surface area (Å²) in [6.45, 7) is 4.71. The maximum atomic E-state index is 13.0. The van der Waals surface area contributed by atoms with E-state index in [0.29, 0.717) is 17.4 Å². The number of nitrogens with one attached hydrogen (secondary N) is 1. The molecular formula is C70H141N2O6P. The first-order valence-corrected chi connectivity index (χ1v) is 37.0. The summed E-state index contributed by atoms with van der Waals surface area (Å²) in [6.07, 6.45) is 79.3. The maximum absolute atomic E-state index is 13.0. The second kappa shape index (κ2) is 61.8. The molecule has 0 aliphatic heterocycles. The van der Waals surface area contributed by atoms with Gasteiger partial charge in [0.05, 0.1) is 39.9 Å². The van der Waals surface area contributed by atoms with Crippen LogP contribution in [-0.2, 0) is 18.4 Å². The summed E-state index contributed by atoms with van der Waals surface area (Å²) in [5.41, 5.74) is 0. The summed E-state index contributed by atoms with van der Waals surface area (Å²) in [4.78, 5) is 25.6. The third-order valence-electron chi connectivity index (χ3n) is 16.7. The Labute approximate surface area is 494 Å². The highest BCUT2D eigenvalue weighted by Gasteiger charge is 2.23. The van der Waals surface area contributed by atoms with Crippen LogP contribution in [0.5, 0.6) is 0 Å². The van der Waals surface area contributed by atoms with E-state index in [-0.39, 0.29) is 19.1 Å². The van der Waals surface area contributed by atoms with Crippen LogP contribution in [0.2, 0.25) is 0 Å². The van der Waals surface area contributed by atoms with Crippen molar-refractivity contribution < 1.29 is 32.9 Å². The van der Waals surface area contributed by atoms with Crippen LogP contribution in [0.1, 0.15) is 380 Å². The minimum atomic E-state index is -4.60. The number of phosphoric ester groups is 1. The number of aliphatic hydroxyl groups excluding tert-OH is 1. The molecule has 0 aliphatic rings. The fraction of sp³-hybridized carbons (Fsp3) is 0.957. The van der Waals surface area contributed by atoms with Gasteiger partial charge in [-0.3, -0.25) is 9.36 Å². The summed E-state index contributed by atoms with van der Waals surface area (Å²) < 4.78 is 23.4. The number of hydrogen-bond donors (Lipinski definition) is 2. The molecule has 0 aromatic carbocycles. The Morgan fingerprint density at radius 2 is 0.684 bits per heavy atom. The van der Waals surface area contributed by atoms with E-state index in [1.807, 2.05) is 27.2 Å². The normalized spacial score (nSPS) is 13.7. The van der Waals surface area contributed by atoms with Crippen molar-refractivity contribution in [2.75, 3.05) is 40.9 Å². The Hall–Kier alpha value is -0.760. The predicted molar refractivity (Wildman–Crippen MR) is 344 cm³/mol. The van der Waals surface area contributed by atoms with E-state index < -0.39 is 20.0 Å². The Morgan fingerprint density at radius 1 is 0.430 bits per heavy atom. The Bertz CT molecular complexity index is 1290. The van der Waals surface area contributed by atoms with E-state index in [9.17, 15) is 19.4 Å². The lowest BCUT2D eigenvalue weighted by atomic mass is 10.0. The zero-order valence-electron chi connectivity index (χ0n) is 54.1. The highest BCUT2D eigenvalue weighted by molar-refractivity contribution is 7.45. The number of amides is 1. The van der Waals surface area contributed by atoms with Crippen molar-refractivity contribution in [2.45, 2.75) is 392 Å². The molecule has 0 saturated carbocycles. The fourth-order valence-electron chi connectivity index (χ4n) is 11.2. The third kappa shape index (κ3) is 64.7. The standard InChI is InChI=1S/C70H141N2O6P/c1-6-8-10-12-14-16-18-20-22-24-26-27-28-29-30-31-32-33-34-35-36-37-38-39-40-41-42-43-44-45-46-48-50-52-54-56-58-60-62-64-70(74)71-68(67-78-79(75,76)77-66-65-72(3,4)5)69(73)63-61-59-57-55-53-51-49-47-25-23-21-19-17-15-13-11-9-7-2/h61,63,68-69,73H,6-60,62,64-67H2,1-5H3,(H-,71,74,75,76)/b63-61+. The number of carbonyl (C=O) groups excluding carboxylic acids is 1. The molecule has 0 fully saturated rings. The highest BCUT2D eigenvalue weighted by atomic mass is 31.2. The number of phosphoric acid groups is 1. The third-order valence-corrected chi connectivity index (χ3v) is 17.7. The molecule has 1 amide bonds. The molecule has 2 N–H and O–H groups in total. The van der Waals surface area contributed by atoms with E-state index in [1.54, 1.807) is 6.08 Å². The Kier molecular flexibility index (Phi) is 61.2.